The molecule has 0 radical (unpaired) electrons. The molecule has 0 heterocycles. The van der Waals surface area contributed by atoms with Crippen molar-refractivity contribution >= 4 is 29.1 Å². The van der Waals surface area contributed by atoms with Crippen molar-refractivity contribution in [2.75, 3.05) is 11.5 Å². The second-order valence-electron chi connectivity index (χ2n) is 2.71. The zero-order valence-corrected chi connectivity index (χ0v) is 8.81. The summed E-state index contributed by atoms with van der Waals surface area (Å²) >= 11 is 5.82. The fraction of sp³-hybridized carbons (Fsp3) is 0.250. The largest absolute Gasteiger partial charge is 0.398 e. The molecule has 84 valence electrons. The van der Waals surface area contributed by atoms with Crippen molar-refractivity contribution < 1.29 is 17.6 Å². The van der Waals surface area contributed by atoms with Crippen molar-refractivity contribution in [2.24, 2.45) is 0 Å². The molecular formula is C8H6ClF4NS. The third-order valence-electron chi connectivity index (χ3n) is 1.44. The quantitative estimate of drug-likeness (QED) is 0.498. The van der Waals surface area contributed by atoms with Gasteiger partial charge in [-0.2, -0.15) is 13.2 Å². The average molecular weight is 260 g/mol. The molecule has 1 aromatic carbocycles. The Bertz CT molecular complexity index is 366. The SMILES string of the molecule is Nc1cc(SCC(F)(F)F)c(F)cc1Cl. The number of nitrogens with two attached hydrogens (primary N) is 1. The van der Waals surface area contributed by atoms with Gasteiger partial charge in [-0.1, -0.05) is 11.6 Å². The van der Waals surface area contributed by atoms with Crippen LogP contribution in [0, 0.1) is 5.82 Å². The van der Waals surface area contributed by atoms with E-state index >= 15 is 0 Å². The minimum atomic E-state index is -4.34. The Morgan fingerprint density at radius 3 is 2.47 bits per heavy atom. The van der Waals surface area contributed by atoms with E-state index in [2.05, 4.69) is 0 Å². The van der Waals surface area contributed by atoms with E-state index in [1.807, 2.05) is 0 Å². The number of hydrogen-bond acceptors (Lipinski definition) is 2. The second kappa shape index (κ2) is 4.49. The third-order valence-corrected chi connectivity index (χ3v) is 2.87. The van der Waals surface area contributed by atoms with Gasteiger partial charge in [0.1, 0.15) is 5.82 Å². The highest BCUT2D eigenvalue weighted by atomic mass is 35.5. The molecule has 15 heavy (non-hydrogen) atoms. The smallest absolute Gasteiger partial charge is 0.397 e. The van der Waals surface area contributed by atoms with E-state index in [9.17, 15) is 17.6 Å². The molecule has 0 unspecified atom stereocenters. The topological polar surface area (TPSA) is 26.0 Å². The normalized spacial score (nSPS) is 11.8. The fourth-order valence-electron chi connectivity index (χ4n) is 0.815. The highest BCUT2D eigenvalue weighted by molar-refractivity contribution is 7.99. The number of alkyl halides is 3. The Morgan fingerprint density at radius 1 is 1.33 bits per heavy atom. The summed E-state index contributed by atoms with van der Waals surface area (Å²) in [6.45, 7) is 0. The van der Waals surface area contributed by atoms with Crippen LogP contribution in [0.25, 0.3) is 0 Å². The standard InChI is InChI=1S/C8H6ClF4NS/c9-4-1-5(10)7(2-6(4)14)15-3-8(11,12)13/h1-2H,3,14H2. The molecule has 0 bridgehead atoms. The Kier molecular flexibility index (Phi) is 3.72. The molecule has 0 aliphatic heterocycles. The second-order valence-corrected chi connectivity index (χ2v) is 4.13. The molecule has 1 aromatic rings. The van der Waals surface area contributed by atoms with Crippen LogP contribution >= 0.6 is 23.4 Å². The molecule has 0 atom stereocenters. The first-order valence-corrected chi connectivity index (χ1v) is 5.10. The number of halogens is 5. The first-order chi connectivity index (χ1) is 6.79. The molecule has 0 amide bonds. The number of benzene rings is 1. The van der Waals surface area contributed by atoms with E-state index in [0.717, 1.165) is 12.1 Å². The van der Waals surface area contributed by atoms with Gasteiger partial charge in [-0.05, 0) is 12.1 Å². The molecule has 1 nitrogen and oxygen atoms in total. The molecular weight excluding hydrogens is 254 g/mol. The highest BCUT2D eigenvalue weighted by Crippen LogP contribution is 2.32. The summed E-state index contributed by atoms with van der Waals surface area (Å²) in [5, 5.41) is -0.0103. The molecule has 0 aliphatic carbocycles. The molecule has 1 rings (SSSR count). The number of hydrogen-bond donors (Lipinski definition) is 1. The van der Waals surface area contributed by atoms with Crippen LogP contribution in [0.1, 0.15) is 0 Å². The lowest BCUT2D eigenvalue weighted by Gasteiger charge is -2.08. The molecule has 0 fully saturated rings. The lowest BCUT2D eigenvalue weighted by atomic mass is 10.3. The van der Waals surface area contributed by atoms with Crippen LogP contribution in [0.5, 0.6) is 0 Å². The molecule has 0 aliphatic rings. The summed E-state index contributed by atoms with van der Waals surface area (Å²) < 4.78 is 48.6. The van der Waals surface area contributed by atoms with E-state index < -0.39 is 17.7 Å². The van der Waals surface area contributed by atoms with Crippen LogP contribution in [0.2, 0.25) is 5.02 Å². The molecule has 0 saturated heterocycles. The molecule has 7 heteroatoms. The molecule has 0 saturated carbocycles. The molecule has 2 N–H and O–H groups in total. The molecule has 0 spiro atoms. The van der Waals surface area contributed by atoms with E-state index in [4.69, 9.17) is 17.3 Å². The summed E-state index contributed by atoms with van der Waals surface area (Å²) in [4.78, 5) is -0.158. The van der Waals surface area contributed by atoms with Gasteiger partial charge < -0.3 is 5.73 Å². The van der Waals surface area contributed by atoms with E-state index in [1.165, 1.54) is 0 Å². The maximum absolute atomic E-state index is 13.1. The summed E-state index contributed by atoms with van der Waals surface area (Å²) in [7, 11) is 0. The van der Waals surface area contributed by atoms with E-state index in [-0.39, 0.29) is 15.6 Å². The number of nitrogen functional groups attached to an aromatic ring is 1. The minimum Gasteiger partial charge on any atom is -0.397 e. The monoisotopic (exact) mass is 259 g/mol. The zero-order valence-electron chi connectivity index (χ0n) is 7.24. The first-order valence-electron chi connectivity index (χ1n) is 3.73. The highest BCUT2D eigenvalue weighted by Gasteiger charge is 2.27. The van der Waals surface area contributed by atoms with E-state index in [1.54, 1.807) is 0 Å². The van der Waals surface area contributed by atoms with Crippen molar-refractivity contribution in [1.29, 1.82) is 0 Å². The van der Waals surface area contributed by atoms with Gasteiger partial charge in [0.05, 0.1) is 16.5 Å². The van der Waals surface area contributed by atoms with Gasteiger partial charge in [-0.25, -0.2) is 4.39 Å². The molecule has 0 aromatic heterocycles. The van der Waals surface area contributed by atoms with Crippen molar-refractivity contribution in [3.05, 3.63) is 23.0 Å². The first kappa shape index (κ1) is 12.4. The average Bonchev–Trinajstić information content (AvgIpc) is 2.07. The lowest BCUT2D eigenvalue weighted by molar-refractivity contribution is -0.105. The predicted octanol–water partition coefficient (Wildman–Crippen LogP) is 3.72. The van der Waals surface area contributed by atoms with Gasteiger partial charge in [0.15, 0.2) is 0 Å². The maximum atomic E-state index is 13.1. The van der Waals surface area contributed by atoms with Gasteiger partial charge in [0.2, 0.25) is 0 Å². The van der Waals surface area contributed by atoms with Crippen LogP contribution in [0.4, 0.5) is 23.2 Å². The van der Waals surface area contributed by atoms with Crippen LogP contribution < -0.4 is 5.73 Å². The Hall–Kier alpha value is -0.620. The van der Waals surface area contributed by atoms with Gasteiger partial charge >= 0.3 is 6.18 Å². The van der Waals surface area contributed by atoms with Gasteiger partial charge in [0, 0.05) is 4.90 Å². The zero-order chi connectivity index (χ0) is 11.6. The fourth-order valence-corrected chi connectivity index (χ4v) is 1.69. The van der Waals surface area contributed by atoms with Crippen LogP contribution in [-0.4, -0.2) is 11.9 Å². The van der Waals surface area contributed by atoms with Gasteiger partial charge in [-0.15, -0.1) is 11.8 Å². The van der Waals surface area contributed by atoms with Gasteiger partial charge in [0.25, 0.3) is 0 Å². The lowest BCUT2D eigenvalue weighted by Crippen LogP contribution is -2.10. The Morgan fingerprint density at radius 2 is 1.93 bits per heavy atom. The van der Waals surface area contributed by atoms with Crippen molar-refractivity contribution in [2.45, 2.75) is 11.1 Å². The van der Waals surface area contributed by atoms with Crippen LogP contribution in [0.3, 0.4) is 0 Å². The van der Waals surface area contributed by atoms with Crippen molar-refractivity contribution in [3.8, 4) is 0 Å². The Labute approximate surface area is 92.6 Å². The summed E-state index contributed by atoms with van der Waals surface area (Å²) in [5.41, 5.74) is 5.39. The number of rotatable bonds is 2. The van der Waals surface area contributed by atoms with E-state index in [0.29, 0.717) is 11.8 Å². The maximum Gasteiger partial charge on any atom is 0.398 e. The predicted molar refractivity (Wildman–Crippen MR) is 52.6 cm³/mol. The number of thioether (sulfide) groups is 1. The van der Waals surface area contributed by atoms with Gasteiger partial charge in [-0.3, -0.25) is 0 Å². The Balaban J connectivity index is 2.82. The van der Waals surface area contributed by atoms with Crippen LogP contribution in [-0.2, 0) is 0 Å². The van der Waals surface area contributed by atoms with Crippen LogP contribution in [0.15, 0.2) is 17.0 Å². The third kappa shape index (κ3) is 3.79. The van der Waals surface area contributed by atoms with Crippen molar-refractivity contribution in [3.63, 3.8) is 0 Å². The summed E-state index contributed by atoms with van der Waals surface area (Å²) in [6.07, 6.45) is -4.34. The minimum absolute atomic E-state index is 0.0103. The summed E-state index contributed by atoms with van der Waals surface area (Å²) in [6, 6.07) is 1.99. The van der Waals surface area contributed by atoms with Crippen molar-refractivity contribution in [1.82, 2.24) is 0 Å². The number of anilines is 1. The summed E-state index contributed by atoms with van der Waals surface area (Å²) in [5.74, 6) is -1.96.